The van der Waals surface area contributed by atoms with E-state index in [1.165, 1.54) is 12.1 Å². The van der Waals surface area contributed by atoms with Gasteiger partial charge in [-0.15, -0.1) is 0 Å². The highest BCUT2D eigenvalue weighted by Crippen LogP contribution is 2.28. The molecule has 0 aromatic heterocycles. The zero-order valence-electron chi connectivity index (χ0n) is 12.2. The number of carboxylic acid groups (broad SMARTS) is 1. The van der Waals surface area contributed by atoms with Gasteiger partial charge in [0.25, 0.3) is 5.24 Å². The zero-order chi connectivity index (χ0) is 17.1. The van der Waals surface area contributed by atoms with E-state index in [9.17, 15) is 9.59 Å². The highest BCUT2D eigenvalue weighted by Gasteiger charge is 2.23. The van der Waals surface area contributed by atoms with Crippen LogP contribution in [0.5, 0.6) is 0 Å². The Labute approximate surface area is 147 Å². The van der Waals surface area contributed by atoms with Crippen molar-refractivity contribution in [1.82, 2.24) is 5.32 Å². The molecule has 1 saturated heterocycles. The summed E-state index contributed by atoms with van der Waals surface area (Å²) in [5.74, 6) is -0.565. The van der Waals surface area contributed by atoms with Crippen molar-refractivity contribution < 1.29 is 14.7 Å². The number of amides is 1. The number of thioether (sulfide) groups is 1. The minimum atomic E-state index is -0.998. The molecule has 0 aliphatic carbocycles. The third-order valence-electron chi connectivity index (χ3n) is 3.18. The average Bonchev–Trinajstić information content (AvgIpc) is 2.89. The summed E-state index contributed by atoms with van der Waals surface area (Å²) in [6, 6.07) is 13.3. The van der Waals surface area contributed by atoms with Gasteiger partial charge in [-0.25, -0.2) is 9.79 Å². The Morgan fingerprint density at radius 2 is 1.79 bits per heavy atom. The number of benzene rings is 2. The molecule has 3 rings (SSSR count). The summed E-state index contributed by atoms with van der Waals surface area (Å²) in [4.78, 5) is 27.6. The fraction of sp³-hybridized carbons (Fsp3) is 0. The Hall–Kier alpha value is -2.57. The molecule has 24 heavy (non-hydrogen) atoms. The van der Waals surface area contributed by atoms with E-state index in [0.29, 0.717) is 21.5 Å². The number of hydrogen-bond donors (Lipinski definition) is 2. The Bertz CT molecular complexity index is 858. The number of aliphatic imine (C=N–C) groups is 1. The van der Waals surface area contributed by atoms with Gasteiger partial charge in [-0.2, -0.15) is 0 Å². The van der Waals surface area contributed by atoms with Crippen molar-refractivity contribution in [2.24, 2.45) is 4.99 Å². The first-order chi connectivity index (χ1) is 11.5. The van der Waals surface area contributed by atoms with E-state index in [1.807, 2.05) is 18.2 Å². The summed E-state index contributed by atoms with van der Waals surface area (Å²) in [6.07, 6.45) is 1.84. The summed E-state index contributed by atoms with van der Waals surface area (Å²) in [6.45, 7) is 0. The van der Waals surface area contributed by atoms with Crippen molar-refractivity contribution in [1.29, 1.82) is 0 Å². The lowest BCUT2D eigenvalue weighted by Crippen LogP contribution is -2.18. The van der Waals surface area contributed by atoms with E-state index >= 15 is 0 Å². The van der Waals surface area contributed by atoms with Gasteiger partial charge in [0.15, 0.2) is 0 Å². The smallest absolute Gasteiger partial charge is 0.335 e. The fourth-order valence-electron chi connectivity index (χ4n) is 2.03. The summed E-state index contributed by atoms with van der Waals surface area (Å²) in [5.41, 5.74) is 1.63. The molecule has 7 heteroatoms. The van der Waals surface area contributed by atoms with Crippen LogP contribution in [0.15, 0.2) is 58.4 Å². The standard InChI is InChI=1S/C17H11ClN2O3S/c18-12-5-1-10(2-6-12)9-14-15(20-17(23)24-14)19-13-7-3-11(4-8-13)16(21)22/h1-9H,(H,21,22)(H,19,20,23). The fourth-order valence-corrected chi connectivity index (χ4v) is 2.89. The van der Waals surface area contributed by atoms with Crippen LogP contribution in [0.3, 0.4) is 0 Å². The van der Waals surface area contributed by atoms with Gasteiger partial charge < -0.3 is 10.4 Å². The van der Waals surface area contributed by atoms with E-state index in [0.717, 1.165) is 17.3 Å². The van der Waals surface area contributed by atoms with Crippen molar-refractivity contribution in [2.45, 2.75) is 0 Å². The van der Waals surface area contributed by atoms with E-state index in [1.54, 1.807) is 24.3 Å². The third kappa shape index (κ3) is 3.84. The van der Waals surface area contributed by atoms with Crippen molar-refractivity contribution in [2.75, 3.05) is 0 Å². The lowest BCUT2D eigenvalue weighted by molar-refractivity contribution is 0.0697. The van der Waals surface area contributed by atoms with E-state index in [2.05, 4.69) is 10.3 Å². The van der Waals surface area contributed by atoms with Crippen LogP contribution in [-0.2, 0) is 0 Å². The maximum atomic E-state index is 11.7. The van der Waals surface area contributed by atoms with Gasteiger partial charge in [0, 0.05) is 5.02 Å². The van der Waals surface area contributed by atoms with Gasteiger partial charge in [0.05, 0.1) is 16.2 Å². The molecule has 2 aromatic carbocycles. The van der Waals surface area contributed by atoms with Crippen LogP contribution in [0.25, 0.3) is 6.08 Å². The summed E-state index contributed by atoms with van der Waals surface area (Å²) in [5, 5.41) is 12.0. The predicted molar refractivity (Wildman–Crippen MR) is 96.0 cm³/mol. The molecule has 1 aliphatic rings. The van der Waals surface area contributed by atoms with Gasteiger partial charge in [0.2, 0.25) is 0 Å². The van der Waals surface area contributed by atoms with Gasteiger partial charge in [0.1, 0.15) is 5.84 Å². The normalized spacial score (nSPS) is 17.3. The van der Waals surface area contributed by atoms with Crippen LogP contribution in [-0.4, -0.2) is 22.2 Å². The minimum Gasteiger partial charge on any atom is -0.478 e. The van der Waals surface area contributed by atoms with Crippen LogP contribution < -0.4 is 5.32 Å². The molecule has 0 spiro atoms. The van der Waals surface area contributed by atoms with Crippen LogP contribution in [0.2, 0.25) is 5.02 Å². The number of hydrogen-bond acceptors (Lipinski definition) is 4. The number of nitrogens with zero attached hydrogens (tertiary/aromatic N) is 1. The third-order valence-corrected chi connectivity index (χ3v) is 4.25. The molecule has 0 unspecified atom stereocenters. The summed E-state index contributed by atoms with van der Waals surface area (Å²) in [7, 11) is 0. The number of amidine groups is 1. The molecule has 5 nitrogen and oxygen atoms in total. The maximum absolute atomic E-state index is 11.7. The first-order valence-corrected chi connectivity index (χ1v) is 8.09. The number of rotatable bonds is 3. The summed E-state index contributed by atoms with van der Waals surface area (Å²) < 4.78 is 0. The second-order valence-electron chi connectivity index (χ2n) is 4.89. The second-order valence-corrected chi connectivity index (χ2v) is 6.34. The molecule has 0 atom stereocenters. The number of nitrogens with one attached hydrogen (secondary N) is 1. The quantitative estimate of drug-likeness (QED) is 0.842. The molecule has 1 fully saturated rings. The van der Waals surface area contributed by atoms with Gasteiger partial charge >= 0.3 is 5.97 Å². The van der Waals surface area contributed by atoms with Crippen molar-refractivity contribution in [3.63, 3.8) is 0 Å². The van der Waals surface area contributed by atoms with Crippen LogP contribution in [0.4, 0.5) is 10.5 Å². The lowest BCUT2D eigenvalue weighted by atomic mass is 10.2. The maximum Gasteiger partial charge on any atom is 0.335 e. The Morgan fingerprint density at radius 3 is 2.42 bits per heavy atom. The molecule has 1 amide bonds. The van der Waals surface area contributed by atoms with Crippen molar-refractivity contribution in [3.05, 3.63) is 69.6 Å². The number of carbonyl (C=O) groups is 2. The first-order valence-electron chi connectivity index (χ1n) is 6.90. The van der Waals surface area contributed by atoms with Gasteiger partial charge in [-0.3, -0.25) is 4.79 Å². The molecule has 2 aromatic rings. The number of carboxylic acids is 1. The number of halogens is 1. The number of aromatic carboxylic acids is 1. The highest BCUT2D eigenvalue weighted by molar-refractivity contribution is 8.18. The topological polar surface area (TPSA) is 78.8 Å². The van der Waals surface area contributed by atoms with Crippen LogP contribution in [0, 0.1) is 0 Å². The molecule has 0 bridgehead atoms. The van der Waals surface area contributed by atoms with Crippen LogP contribution in [0.1, 0.15) is 15.9 Å². The van der Waals surface area contributed by atoms with Gasteiger partial charge in [-0.1, -0.05) is 23.7 Å². The average molecular weight is 359 g/mol. The van der Waals surface area contributed by atoms with E-state index in [-0.39, 0.29) is 10.8 Å². The molecular formula is C17H11ClN2O3S. The monoisotopic (exact) mass is 358 g/mol. The largest absolute Gasteiger partial charge is 0.478 e. The number of carbonyl (C=O) groups excluding carboxylic acids is 1. The molecule has 0 radical (unpaired) electrons. The van der Waals surface area contributed by atoms with E-state index < -0.39 is 5.97 Å². The molecule has 0 saturated carbocycles. The summed E-state index contributed by atoms with van der Waals surface area (Å²) >= 11 is 6.92. The minimum absolute atomic E-state index is 0.181. The molecule has 120 valence electrons. The predicted octanol–water partition coefficient (Wildman–Crippen LogP) is 4.57. The second kappa shape index (κ2) is 6.90. The SMILES string of the molecule is O=C1NC(=Nc2ccc(C(=O)O)cc2)C(=Cc2ccc(Cl)cc2)S1. The van der Waals surface area contributed by atoms with Crippen molar-refractivity contribution in [3.8, 4) is 0 Å². The lowest BCUT2D eigenvalue weighted by Gasteiger charge is -2.01. The Morgan fingerprint density at radius 1 is 1.12 bits per heavy atom. The molecule has 1 heterocycles. The molecular weight excluding hydrogens is 348 g/mol. The zero-order valence-corrected chi connectivity index (χ0v) is 13.8. The van der Waals surface area contributed by atoms with E-state index in [4.69, 9.17) is 16.7 Å². The van der Waals surface area contributed by atoms with Gasteiger partial charge in [-0.05, 0) is 59.8 Å². The van der Waals surface area contributed by atoms with Crippen molar-refractivity contribution >= 4 is 52.2 Å². The molecule has 2 N–H and O–H groups in total. The molecule has 1 aliphatic heterocycles. The Balaban J connectivity index is 1.91. The Kier molecular flexibility index (Phi) is 4.69. The van der Waals surface area contributed by atoms with Crippen LogP contribution >= 0.6 is 23.4 Å². The first kappa shape index (κ1) is 16.3. The highest BCUT2D eigenvalue weighted by atomic mass is 35.5.